The first-order valence-corrected chi connectivity index (χ1v) is 10.3. The van der Waals surface area contributed by atoms with Gasteiger partial charge in [0.15, 0.2) is 4.34 Å². The van der Waals surface area contributed by atoms with E-state index >= 15 is 0 Å². The number of nitrogens with one attached hydrogen (secondary N) is 1. The number of carbonyl (C=O) groups excluding carboxylic acids is 1. The predicted molar refractivity (Wildman–Crippen MR) is 113 cm³/mol. The average molecular weight is 403 g/mol. The van der Waals surface area contributed by atoms with Gasteiger partial charge in [-0.3, -0.25) is 10.1 Å². The van der Waals surface area contributed by atoms with Gasteiger partial charge in [-0.2, -0.15) is 5.26 Å². The Balaban J connectivity index is 1.42. The SMILES string of the molecule is N#Cc1ccc(CSc2nnc(NC(=O)c3cccc4ccccc34)s2)cc1. The van der Waals surface area contributed by atoms with Crippen LogP contribution in [0.1, 0.15) is 21.5 Å². The Bertz CT molecular complexity index is 1170. The Morgan fingerprint density at radius 3 is 2.64 bits per heavy atom. The molecule has 0 unspecified atom stereocenters. The summed E-state index contributed by atoms with van der Waals surface area (Å²) in [7, 11) is 0. The van der Waals surface area contributed by atoms with Gasteiger partial charge in [-0.15, -0.1) is 10.2 Å². The van der Waals surface area contributed by atoms with E-state index in [1.165, 1.54) is 11.3 Å². The summed E-state index contributed by atoms with van der Waals surface area (Å²) in [5, 5.41) is 22.3. The Morgan fingerprint density at radius 1 is 1.04 bits per heavy atom. The first-order valence-electron chi connectivity index (χ1n) is 8.47. The summed E-state index contributed by atoms with van der Waals surface area (Å²) in [5.41, 5.74) is 2.35. The molecule has 0 radical (unpaired) electrons. The molecule has 0 aliphatic heterocycles. The summed E-state index contributed by atoms with van der Waals surface area (Å²) in [5.74, 6) is 0.522. The third kappa shape index (κ3) is 4.03. The lowest BCUT2D eigenvalue weighted by Crippen LogP contribution is -2.12. The van der Waals surface area contributed by atoms with Gasteiger partial charge in [0.25, 0.3) is 5.91 Å². The molecule has 0 spiro atoms. The van der Waals surface area contributed by atoms with Crippen LogP contribution in [0.5, 0.6) is 0 Å². The maximum absolute atomic E-state index is 12.7. The maximum Gasteiger partial charge on any atom is 0.258 e. The zero-order valence-corrected chi connectivity index (χ0v) is 16.3. The Kier molecular flexibility index (Phi) is 5.33. The maximum atomic E-state index is 12.7. The van der Waals surface area contributed by atoms with Gasteiger partial charge < -0.3 is 0 Å². The molecule has 4 aromatic rings. The van der Waals surface area contributed by atoms with Crippen LogP contribution in [0.15, 0.2) is 71.1 Å². The predicted octanol–water partition coefficient (Wildman–Crippen LogP) is 5.11. The number of fused-ring (bicyclic) bond motifs is 1. The summed E-state index contributed by atoms with van der Waals surface area (Å²) in [6.07, 6.45) is 0. The lowest BCUT2D eigenvalue weighted by molar-refractivity contribution is 0.102. The van der Waals surface area contributed by atoms with Crippen molar-refractivity contribution in [2.24, 2.45) is 0 Å². The smallest absolute Gasteiger partial charge is 0.258 e. The van der Waals surface area contributed by atoms with Gasteiger partial charge in [0, 0.05) is 11.3 Å². The zero-order valence-electron chi connectivity index (χ0n) is 14.6. The van der Waals surface area contributed by atoms with Crippen LogP contribution in [0, 0.1) is 11.3 Å². The highest BCUT2D eigenvalue weighted by molar-refractivity contribution is 8.00. The molecule has 136 valence electrons. The van der Waals surface area contributed by atoms with Crippen molar-refractivity contribution < 1.29 is 4.79 Å². The highest BCUT2D eigenvalue weighted by Gasteiger charge is 2.13. The minimum Gasteiger partial charge on any atom is -0.296 e. The number of nitrogens with zero attached hydrogens (tertiary/aromatic N) is 3. The number of anilines is 1. The van der Waals surface area contributed by atoms with Crippen LogP contribution in [0.25, 0.3) is 10.8 Å². The minimum absolute atomic E-state index is 0.198. The monoisotopic (exact) mass is 402 g/mol. The van der Waals surface area contributed by atoms with Crippen LogP contribution in [-0.4, -0.2) is 16.1 Å². The fraction of sp³-hybridized carbons (Fsp3) is 0.0476. The number of nitriles is 1. The van der Waals surface area contributed by atoms with Crippen molar-refractivity contribution in [3.8, 4) is 6.07 Å². The van der Waals surface area contributed by atoms with Crippen LogP contribution < -0.4 is 5.32 Å². The van der Waals surface area contributed by atoms with Crippen molar-refractivity contribution in [3.05, 3.63) is 83.4 Å². The number of amides is 1. The number of hydrogen-bond donors (Lipinski definition) is 1. The van der Waals surface area contributed by atoms with Gasteiger partial charge in [0.1, 0.15) is 0 Å². The third-order valence-electron chi connectivity index (χ3n) is 4.11. The fourth-order valence-corrected chi connectivity index (χ4v) is 4.43. The number of aromatic nitrogens is 2. The first kappa shape index (κ1) is 18.2. The number of benzene rings is 3. The van der Waals surface area contributed by atoms with Crippen molar-refractivity contribution in [1.82, 2.24) is 10.2 Å². The molecule has 0 aliphatic rings. The molecule has 3 aromatic carbocycles. The van der Waals surface area contributed by atoms with E-state index in [1.807, 2.05) is 48.5 Å². The van der Waals surface area contributed by atoms with E-state index in [4.69, 9.17) is 5.26 Å². The quantitative estimate of drug-likeness (QED) is 0.371. The molecule has 5 nitrogen and oxygen atoms in total. The fourth-order valence-electron chi connectivity index (χ4n) is 2.73. The summed E-state index contributed by atoms with van der Waals surface area (Å²) >= 11 is 2.89. The highest BCUT2D eigenvalue weighted by Crippen LogP contribution is 2.29. The molecule has 28 heavy (non-hydrogen) atoms. The highest BCUT2D eigenvalue weighted by atomic mass is 32.2. The first-order chi connectivity index (χ1) is 13.7. The molecule has 0 bridgehead atoms. The summed E-state index contributed by atoms with van der Waals surface area (Å²) in [6, 6.07) is 23.0. The van der Waals surface area contributed by atoms with Crippen molar-refractivity contribution in [2.45, 2.75) is 10.1 Å². The van der Waals surface area contributed by atoms with E-state index in [-0.39, 0.29) is 5.91 Å². The number of thioether (sulfide) groups is 1. The topological polar surface area (TPSA) is 78.7 Å². The largest absolute Gasteiger partial charge is 0.296 e. The normalized spacial score (nSPS) is 10.5. The molecule has 7 heteroatoms. The number of carbonyl (C=O) groups is 1. The van der Waals surface area contributed by atoms with Crippen LogP contribution in [0.3, 0.4) is 0 Å². The van der Waals surface area contributed by atoms with E-state index in [0.29, 0.717) is 16.3 Å². The summed E-state index contributed by atoms with van der Waals surface area (Å²) in [4.78, 5) is 12.7. The van der Waals surface area contributed by atoms with Crippen molar-refractivity contribution in [1.29, 1.82) is 5.26 Å². The molecule has 0 fully saturated rings. The second-order valence-corrected chi connectivity index (χ2v) is 8.15. The van der Waals surface area contributed by atoms with Gasteiger partial charge in [0.05, 0.1) is 11.6 Å². The van der Waals surface area contributed by atoms with Crippen molar-refractivity contribution in [3.63, 3.8) is 0 Å². The minimum atomic E-state index is -0.198. The van der Waals surface area contributed by atoms with Crippen LogP contribution in [-0.2, 0) is 5.75 Å². The molecule has 0 atom stereocenters. The van der Waals surface area contributed by atoms with Gasteiger partial charge >= 0.3 is 0 Å². The molecule has 0 saturated carbocycles. The van der Waals surface area contributed by atoms with E-state index in [1.54, 1.807) is 30.0 Å². The summed E-state index contributed by atoms with van der Waals surface area (Å²) in [6.45, 7) is 0. The average Bonchev–Trinajstić information content (AvgIpc) is 3.19. The molecule has 1 N–H and O–H groups in total. The van der Waals surface area contributed by atoms with E-state index in [2.05, 4.69) is 21.6 Å². The second kappa shape index (κ2) is 8.21. The molecular formula is C21H14N4OS2. The standard InChI is InChI=1S/C21H14N4OS2/c22-12-14-8-10-15(11-9-14)13-27-21-25-24-20(28-21)23-19(26)18-7-3-5-16-4-1-2-6-17(16)18/h1-11H,13H2,(H,23,24,26). The lowest BCUT2D eigenvalue weighted by atomic mass is 10.0. The zero-order chi connectivity index (χ0) is 19.3. The van der Waals surface area contributed by atoms with Gasteiger partial charge in [-0.1, -0.05) is 71.6 Å². The molecule has 0 saturated heterocycles. The van der Waals surface area contributed by atoms with Gasteiger partial charge in [0.2, 0.25) is 5.13 Å². The van der Waals surface area contributed by atoms with E-state index in [9.17, 15) is 4.79 Å². The van der Waals surface area contributed by atoms with E-state index in [0.717, 1.165) is 26.4 Å². The molecule has 4 rings (SSSR count). The van der Waals surface area contributed by atoms with Crippen LogP contribution >= 0.6 is 23.1 Å². The Hall–Kier alpha value is -3.21. The second-order valence-electron chi connectivity index (χ2n) is 5.95. The third-order valence-corrected chi connectivity index (χ3v) is 6.15. The molecule has 1 amide bonds. The number of rotatable bonds is 5. The molecule has 1 aromatic heterocycles. The van der Waals surface area contributed by atoms with Crippen molar-refractivity contribution >= 4 is 44.9 Å². The lowest BCUT2D eigenvalue weighted by Gasteiger charge is -2.05. The van der Waals surface area contributed by atoms with Gasteiger partial charge in [-0.25, -0.2) is 0 Å². The van der Waals surface area contributed by atoms with Crippen molar-refractivity contribution in [2.75, 3.05) is 5.32 Å². The van der Waals surface area contributed by atoms with Crippen LogP contribution in [0.4, 0.5) is 5.13 Å². The number of hydrogen-bond acceptors (Lipinski definition) is 6. The Labute approximate surface area is 170 Å². The van der Waals surface area contributed by atoms with Gasteiger partial charge in [-0.05, 0) is 34.5 Å². The molecular weight excluding hydrogens is 388 g/mol. The van der Waals surface area contributed by atoms with Crippen LogP contribution in [0.2, 0.25) is 0 Å². The van der Waals surface area contributed by atoms with E-state index < -0.39 is 0 Å². The summed E-state index contributed by atoms with van der Waals surface area (Å²) < 4.78 is 0.776. The molecule has 1 heterocycles. The Morgan fingerprint density at radius 2 is 1.82 bits per heavy atom. The molecule has 0 aliphatic carbocycles.